The van der Waals surface area contributed by atoms with Crippen LogP contribution in [0.4, 0.5) is 16.2 Å². The molecule has 0 fully saturated rings. The fraction of sp³-hybridized carbons (Fsp3) is 0. The van der Waals surface area contributed by atoms with Crippen LogP contribution in [0, 0.1) is 0 Å². The minimum atomic E-state index is -1.07. The van der Waals surface area contributed by atoms with E-state index in [4.69, 9.17) is 10.8 Å². The van der Waals surface area contributed by atoms with Crippen molar-refractivity contribution in [1.82, 2.24) is 0 Å². The van der Waals surface area contributed by atoms with Crippen molar-refractivity contribution in [2.24, 2.45) is 0 Å². The van der Waals surface area contributed by atoms with Crippen LogP contribution in [0.5, 0.6) is 0 Å². The van der Waals surface area contributed by atoms with Crippen molar-refractivity contribution in [2.75, 3.05) is 11.1 Å². The lowest BCUT2D eigenvalue weighted by molar-refractivity contribution is 0.210. The van der Waals surface area contributed by atoms with Crippen LogP contribution in [0.1, 0.15) is 0 Å². The van der Waals surface area contributed by atoms with Crippen molar-refractivity contribution in [3.05, 3.63) is 36.4 Å². The molecule has 2 rings (SSSR count). The van der Waals surface area contributed by atoms with Crippen molar-refractivity contribution >= 4 is 28.2 Å². The highest BCUT2D eigenvalue weighted by Crippen LogP contribution is 2.23. The van der Waals surface area contributed by atoms with Crippen molar-refractivity contribution in [2.45, 2.75) is 0 Å². The standard InChI is InChI=1S/C11H10N2O2/c12-10-3-1-2-7-6-8(13-11(14)15)4-5-9(7)10/h1-6,13H,12H2,(H,14,15). The lowest BCUT2D eigenvalue weighted by Gasteiger charge is -2.04. The lowest BCUT2D eigenvalue weighted by atomic mass is 10.1. The van der Waals surface area contributed by atoms with E-state index in [9.17, 15) is 4.79 Å². The molecule has 1 amide bonds. The van der Waals surface area contributed by atoms with E-state index in [0.29, 0.717) is 11.4 Å². The zero-order valence-electron chi connectivity index (χ0n) is 7.90. The van der Waals surface area contributed by atoms with E-state index < -0.39 is 6.09 Å². The molecule has 0 atom stereocenters. The molecule has 15 heavy (non-hydrogen) atoms. The third kappa shape index (κ3) is 1.83. The Labute approximate surface area is 86.3 Å². The number of fused-ring (bicyclic) bond motifs is 1. The third-order valence-electron chi connectivity index (χ3n) is 2.17. The number of carboxylic acid groups (broad SMARTS) is 1. The number of hydrogen-bond acceptors (Lipinski definition) is 2. The number of nitrogens with two attached hydrogens (primary N) is 1. The molecule has 0 aliphatic rings. The zero-order valence-corrected chi connectivity index (χ0v) is 7.90. The molecule has 0 heterocycles. The van der Waals surface area contributed by atoms with Gasteiger partial charge in [0.1, 0.15) is 0 Å². The quantitative estimate of drug-likeness (QED) is 0.622. The Bertz CT molecular complexity index is 523. The summed E-state index contributed by atoms with van der Waals surface area (Å²) in [5, 5.41) is 12.7. The van der Waals surface area contributed by atoms with E-state index in [2.05, 4.69) is 5.32 Å². The summed E-state index contributed by atoms with van der Waals surface area (Å²) in [6.07, 6.45) is -1.07. The monoisotopic (exact) mass is 202 g/mol. The molecule has 0 saturated carbocycles. The zero-order chi connectivity index (χ0) is 10.8. The summed E-state index contributed by atoms with van der Waals surface area (Å²) < 4.78 is 0. The summed E-state index contributed by atoms with van der Waals surface area (Å²) in [7, 11) is 0. The highest BCUT2D eigenvalue weighted by Gasteiger charge is 2.01. The molecule has 0 aromatic heterocycles. The van der Waals surface area contributed by atoms with E-state index in [1.807, 2.05) is 18.2 Å². The first-order valence-corrected chi connectivity index (χ1v) is 4.45. The van der Waals surface area contributed by atoms with Crippen LogP contribution >= 0.6 is 0 Å². The Hall–Kier alpha value is -2.23. The summed E-state index contributed by atoms with van der Waals surface area (Å²) in [4.78, 5) is 10.4. The van der Waals surface area contributed by atoms with Crippen LogP contribution in [-0.2, 0) is 0 Å². The van der Waals surface area contributed by atoms with Gasteiger partial charge < -0.3 is 10.8 Å². The molecule has 0 unspecified atom stereocenters. The fourth-order valence-corrected chi connectivity index (χ4v) is 1.51. The number of amides is 1. The van der Waals surface area contributed by atoms with Gasteiger partial charge in [-0.2, -0.15) is 0 Å². The second-order valence-electron chi connectivity index (χ2n) is 3.21. The topological polar surface area (TPSA) is 75.3 Å². The molecular formula is C11H10N2O2. The van der Waals surface area contributed by atoms with Gasteiger partial charge in [-0.1, -0.05) is 18.2 Å². The number of hydrogen-bond donors (Lipinski definition) is 3. The van der Waals surface area contributed by atoms with Gasteiger partial charge in [-0.3, -0.25) is 5.32 Å². The molecule has 0 saturated heterocycles. The molecule has 76 valence electrons. The van der Waals surface area contributed by atoms with Crippen LogP contribution in [0.3, 0.4) is 0 Å². The molecule has 0 aliphatic heterocycles. The van der Waals surface area contributed by atoms with E-state index in [1.54, 1.807) is 18.2 Å². The summed E-state index contributed by atoms with van der Waals surface area (Å²) in [5.74, 6) is 0. The number of nitrogen functional groups attached to an aromatic ring is 1. The first-order chi connectivity index (χ1) is 7.16. The van der Waals surface area contributed by atoms with Gasteiger partial charge in [0.25, 0.3) is 0 Å². The first kappa shape index (κ1) is 9.33. The maximum absolute atomic E-state index is 10.4. The van der Waals surface area contributed by atoms with E-state index in [1.165, 1.54) is 0 Å². The largest absolute Gasteiger partial charge is 0.465 e. The van der Waals surface area contributed by atoms with Crippen LogP contribution in [0.25, 0.3) is 10.8 Å². The summed E-state index contributed by atoms with van der Waals surface area (Å²) in [6, 6.07) is 10.8. The van der Waals surface area contributed by atoms with Crippen LogP contribution in [0.15, 0.2) is 36.4 Å². The van der Waals surface area contributed by atoms with Gasteiger partial charge >= 0.3 is 6.09 Å². The summed E-state index contributed by atoms with van der Waals surface area (Å²) >= 11 is 0. The van der Waals surface area contributed by atoms with Gasteiger partial charge in [-0.15, -0.1) is 0 Å². The van der Waals surface area contributed by atoms with Gasteiger partial charge in [-0.25, -0.2) is 4.79 Å². The van der Waals surface area contributed by atoms with E-state index in [-0.39, 0.29) is 0 Å². The maximum atomic E-state index is 10.4. The van der Waals surface area contributed by atoms with E-state index >= 15 is 0 Å². The Morgan fingerprint density at radius 1 is 1.27 bits per heavy atom. The molecule has 4 heteroatoms. The molecule has 0 spiro atoms. The molecule has 2 aromatic rings. The average Bonchev–Trinajstić information content (AvgIpc) is 2.17. The number of nitrogens with one attached hydrogen (secondary N) is 1. The molecular weight excluding hydrogens is 192 g/mol. The molecule has 0 radical (unpaired) electrons. The van der Waals surface area contributed by atoms with Crippen molar-refractivity contribution < 1.29 is 9.90 Å². The van der Waals surface area contributed by atoms with Crippen molar-refractivity contribution in [3.8, 4) is 0 Å². The minimum Gasteiger partial charge on any atom is -0.465 e. The van der Waals surface area contributed by atoms with Gasteiger partial charge in [-0.05, 0) is 23.6 Å². The van der Waals surface area contributed by atoms with Crippen molar-refractivity contribution in [1.29, 1.82) is 0 Å². The normalized spacial score (nSPS) is 10.1. The summed E-state index contributed by atoms with van der Waals surface area (Å²) in [6.45, 7) is 0. The maximum Gasteiger partial charge on any atom is 0.409 e. The Balaban J connectivity index is 2.52. The Kier molecular flexibility index (Phi) is 2.17. The first-order valence-electron chi connectivity index (χ1n) is 4.45. The number of anilines is 2. The summed E-state index contributed by atoms with van der Waals surface area (Å²) in [5.41, 5.74) is 7.00. The van der Waals surface area contributed by atoms with Gasteiger partial charge in [0, 0.05) is 16.8 Å². The molecule has 0 bridgehead atoms. The Morgan fingerprint density at radius 2 is 2.07 bits per heavy atom. The second-order valence-corrected chi connectivity index (χ2v) is 3.21. The predicted molar refractivity (Wildman–Crippen MR) is 60.0 cm³/mol. The number of benzene rings is 2. The predicted octanol–water partition coefficient (Wildman–Crippen LogP) is 2.51. The fourth-order valence-electron chi connectivity index (χ4n) is 1.51. The van der Waals surface area contributed by atoms with E-state index in [0.717, 1.165) is 10.8 Å². The minimum absolute atomic E-state index is 0.542. The second kappa shape index (κ2) is 3.49. The highest BCUT2D eigenvalue weighted by molar-refractivity contribution is 5.96. The Morgan fingerprint density at radius 3 is 2.80 bits per heavy atom. The SMILES string of the molecule is Nc1cccc2cc(NC(=O)O)ccc12. The third-order valence-corrected chi connectivity index (χ3v) is 2.17. The molecule has 4 N–H and O–H groups in total. The van der Waals surface area contributed by atoms with Gasteiger partial charge in [0.15, 0.2) is 0 Å². The van der Waals surface area contributed by atoms with Gasteiger partial charge in [0.2, 0.25) is 0 Å². The number of carbonyl (C=O) groups is 1. The van der Waals surface area contributed by atoms with Crippen LogP contribution in [-0.4, -0.2) is 11.2 Å². The van der Waals surface area contributed by atoms with Crippen LogP contribution in [0.2, 0.25) is 0 Å². The van der Waals surface area contributed by atoms with Crippen LogP contribution < -0.4 is 11.1 Å². The average molecular weight is 202 g/mol. The van der Waals surface area contributed by atoms with Gasteiger partial charge in [0.05, 0.1) is 0 Å². The molecule has 0 aliphatic carbocycles. The molecule has 4 nitrogen and oxygen atoms in total. The molecule has 2 aromatic carbocycles. The lowest BCUT2D eigenvalue weighted by Crippen LogP contribution is -2.06. The smallest absolute Gasteiger partial charge is 0.409 e. The number of rotatable bonds is 1. The highest BCUT2D eigenvalue weighted by atomic mass is 16.4. The van der Waals surface area contributed by atoms with Crippen molar-refractivity contribution in [3.63, 3.8) is 0 Å².